The van der Waals surface area contributed by atoms with E-state index < -0.39 is 0 Å². The Kier molecular flexibility index (Phi) is 3.16. The molecule has 1 heteroatoms. The summed E-state index contributed by atoms with van der Waals surface area (Å²) in [5.41, 5.74) is 0. The third-order valence-corrected chi connectivity index (χ3v) is 4.25. The summed E-state index contributed by atoms with van der Waals surface area (Å²) in [6.07, 6.45) is 7.69. The normalized spacial score (nSPS) is 39.2. The first-order chi connectivity index (χ1) is 6.70. The lowest BCUT2D eigenvalue weighted by Crippen LogP contribution is -2.21. The average Bonchev–Trinajstić information content (AvgIpc) is 2.74. The van der Waals surface area contributed by atoms with Crippen LogP contribution in [-0.2, 0) is 0 Å². The molecule has 0 bridgehead atoms. The maximum absolute atomic E-state index is 10.1. The van der Waals surface area contributed by atoms with Crippen LogP contribution in [0.5, 0.6) is 0 Å². The fraction of sp³-hybridized carbons (Fsp3) is 1.00. The van der Waals surface area contributed by atoms with Gasteiger partial charge in [0.15, 0.2) is 0 Å². The van der Waals surface area contributed by atoms with Gasteiger partial charge in [0.25, 0.3) is 0 Å². The highest BCUT2D eigenvalue weighted by atomic mass is 16.3. The zero-order valence-corrected chi connectivity index (χ0v) is 9.58. The Morgan fingerprint density at radius 3 is 2.43 bits per heavy atom. The van der Waals surface area contributed by atoms with Crippen molar-refractivity contribution in [1.82, 2.24) is 0 Å². The van der Waals surface area contributed by atoms with E-state index in [0.29, 0.717) is 11.8 Å². The zero-order chi connectivity index (χ0) is 10.1. The molecule has 2 rings (SSSR count). The Morgan fingerprint density at radius 2 is 1.86 bits per heavy atom. The molecule has 0 aliphatic heterocycles. The van der Waals surface area contributed by atoms with Crippen LogP contribution in [0.3, 0.4) is 0 Å². The lowest BCUT2D eigenvalue weighted by Gasteiger charge is -2.22. The van der Waals surface area contributed by atoms with Crippen molar-refractivity contribution in [3.8, 4) is 0 Å². The van der Waals surface area contributed by atoms with Gasteiger partial charge in [0.05, 0.1) is 6.10 Å². The number of fused-ring (bicyclic) bond motifs is 1. The topological polar surface area (TPSA) is 20.2 Å². The standard InChI is InChI=1S/C13H24O/c1-3-4-9(2)5-13(14)12-7-10-6-11(10)8-12/h9-14H,3-8H2,1-2H3. The van der Waals surface area contributed by atoms with Gasteiger partial charge in [0, 0.05) is 0 Å². The molecule has 82 valence electrons. The Bertz CT molecular complexity index is 180. The number of rotatable bonds is 5. The molecular weight excluding hydrogens is 172 g/mol. The number of hydrogen-bond donors (Lipinski definition) is 1. The van der Waals surface area contributed by atoms with Crippen LogP contribution in [0.15, 0.2) is 0 Å². The Balaban J connectivity index is 1.69. The van der Waals surface area contributed by atoms with E-state index in [1.165, 1.54) is 32.1 Å². The lowest BCUT2D eigenvalue weighted by molar-refractivity contribution is 0.0794. The van der Waals surface area contributed by atoms with Crippen molar-refractivity contribution < 1.29 is 5.11 Å². The Labute approximate surface area is 87.9 Å². The lowest BCUT2D eigenvalue weighted by atomic mass is 9.89. The van der Waals surface area contributed by atoms with Crippen LogP contribution in [0.2, 0.25) is 0 Å². The van der Waals surface area contributed by atoms with Crippen LogP contribution in [0.1, 0.15) is 52.4 Å². The van der Waals surface area contributed by atoms with Crippen molar-refractivity contribution in [1.29, 1.82) is 0 Å². The van der Waals surface area contributed by atoms with Crippen molar-refractivity contribution in [3.63, 3.8) is 0 Å². The first kappa shape index (κ1) is 10.5. The maximum atomic E-state index is 10.1. The number of aliphatic hydroxyl groups excluding tert-OH is 1. The first-order valence-electron chi connectivity index (χ1n) is 6.38. The Morgan fingerprint density at radius 1 is 1.21 bits per heavy atom. The van der Waals surface area contributed by atoms with Gasteiger partial charge in [0.1, 0.15) is 0 Å². The van der Waals surface area contributed by atoms with Gasteiger partial charge >= 0.3 is 0 Å². The summed E-state index contributed by atoms with van der Waals surface area (Å²) in [4.78, 5) is 0. The highest BCUT2D eigenvalue weighted by Gasteiger charge is 2.47. The Hall–Kier alpha value is -0.0400. The van der Waals surface area contributed by atoms with Gasteiger partial charge in [-0.3, -0.25) is 0 Å². The minimum atomic E-state index is 0.00403. The van der Waals surface area contributed by atoms with E-state index in [9.17, 15) is 5.11 Å². The maximum Gasteiger partial charge on any atom is 0.0571 e. The second-order valence-corrected chi connectivity index (χ2v) is 5.68. The summed E-state index contributed by atoms with van der Waals surface area (Å²) in [5, 5.41) is 10.1. The molecule has 4 unspecified atom stereocenters. The summed E-state index contributed by atoms with van der Waals surface area (Å²) in [5.74, 6) is 3.39. The van der Waals surface area contributed by atoms with Gasteiger partial charge in [-0.05, 0) is 49.4 Å². The predicted octanol–water partition coefficient (Wildman–Crippen LogP) is 3.22. The van der Waals surface area contributed by atoms with Gasteiger partial charge in [-0.25, -0.2) is 0 Å². The molecule has 0 aromatic heterocycles. The minimum Gasteiger partial charge on any atom is -0.393 e. The first-order valence-corrected chi connectivity index (χ1v) is 6.38. The molecule has 0 radical (unpaired) electrons. The molecule has 0 aromatic carbocycles. The van der Waals surface area contributed by atoms with E-state index >= 15 is 0 Å². The van der Waals surface area contributed by atoms with E-state index in [0.717, 1.165) is 18.3 Å². The van der Waals surface area contributed by atoms with Gasteiger partial charge in [-0.1, -0.05) is 26.7 Å². The van der Waals surface area contributed by atoms with Gasteiger partial charge in [-0.2, -0.15) is 0 Å². The van der Waals surface area contributed by atoms with Gasteiger partial charge in [-0.15, -0.1) is 0 Å². The smallest absolute Gasteiger partial charge is 0.0571 e. The molecule has 0 spiro atoms. The van der Waals surface area contributed by atoms with Crippen molar-refractivity contribution in [2.45, 2.75) is 58.5 Å². The molecule has 0 amide bonds. The largest absolute Gasteiger partial charge is 0.393 e. The van der Waals surface area contributed by atoms with E-state index in [2.05, 4.69) is 13.8 Å². The monoisotopic (exact) mass is 196 g/mol. The van der Waals surface area contributed by atoms with E-state index in [4.69, 9.17) is 0 Å². The molecule has 1 N–H and O–H groups in total. The highest BCUT2D eigenvalue weighted by molar-refractivity contribution is 4.97. The molecule has 0 aromatic rings. The molecule has 4 atom stereocenters. The molecule has 2 aliphatic carbocycles. The van der Waals surface area contributed by atoms with Gasteiger partial charge in [0.2, 0.25) is 0 Å². The van der Waals surface area contributed by atoms with Crippen molar-refractivity contribution >= 4 is 0 Å². The third-order valence-electron chi connectivity index (χ3n) is 4.25. The highest BCUT2D eigenvalue weighted by Crippen LogP contribution is 2.55. The second-order valence-electron chi connectivity index (χ2n) is 5.68. The molecule has 0 heterocycles. The van der Waals surface area contributed by atoms with E-state index in [1.807, 2.05) is 0 Å². The predicted molar refractivity (Wildman–Crippen MR) is 59.0 cm³/mol. The van der Waals surface area contributed by atoms with E-state index in [-0.39, 0.29) is 6.10 Å². The van der Waals surface area contributed by atoms with Crippen LogP contribution < -0.4 is 0 Å². The van der Waals surface area contributed by atoms with Crippen LogP contribution in [0, 0.1) is 23.7 Å². The molecule has 2 saturated carbocycles. The van der Waals surface area contributed by atoms with Crippen LogP contribution in [0.4, 0.5) is 0 Å². The summed E-state index contributed by atoms with van der Waals surface area (Å²) in [6, 6.07) is 0. The number of aliphatic hydroxyl groups is 1. The molecule has 1 nitrogen and oxygen atoms in total. The fourth-order valence-electron chi connectivity index (χ4n) is 3.29. The second kappa shape index (κ2) is 4.22. The van der Waals surface area contributed by atoms with Gasteiger partial charge < -0.3 is 5.11 Å². The summed E-state index contributed by atoms with van der Waals surface area (Å²) < 4.78 is 0. The van der Waals surface area contributed by atoms with Crippen LogP contribution >= 0.6 is 0 Å². The van der Waals surface area contributed by atoms with E-state index in [1.54, 1.807) is 0 Å². The zero-order valence-electron chi connectivity index (χ0n) is 9.58. The van der Waals surface area contributed by atoms with Crippen LogP contribution in [0.25, 0.3) is 0 Å². The average molecular weight is 196 g/mol. The summed E-state index contributed by atoms with van der Waals surface area (Å²) in [7, 11) is 0. The van der Waals surface area contributed by atoms with Crippen molar-refractivity contribution in [2.75, 3.05) is 0 Å². The quantitative estimate of drug-likeness (QED) is 0.716. The molecule has 0 saturated heterocycles. The van der Waals surface area contributed by atoms with Crippen molar-refractivity contribution in [2.24, 2.45) is 23.7 Å². The van der Waals surface area contributed by atoms with Crippen LogP contribution in [-0.4, -0.2) is 11.2 Å². The molecular formula is C13H24O. The van der Waals surface area contributed by atoms with Crippen molar-refractivity contribution in [3.05, 3.63) is 0 Å². The summed E-state index contributed by atoms with van der Waals surface area (Å²) >= 11 is 0. The summed E-state index contributed by atoms with van der Waals surface area (Å²) in [6.45, 7) is 4.51. The fourth-order valence-corrected chi connectivity index (χ4v) is 3.29. The molecule has 14 heavy (non-hydrogen) atoms. The molecule has 2 fully saturated rings. The minimum absolute atomic E-state index is 0.00403. The molecule has 2 aliphatic rings. The SMILES string of the molecule is CCCC(C)CC(O)C1CC2CC2C1. The number of hydrogen-bond acceptors (Lipinski definition) is 1. The third kappa shape index (κ3) is 2.31.